The molecule has 0 radical (unpaired) electrons. The number of fused-ring (bicyclic) bond motifs is 5. The van der Waals surface area contributed by atoms with Crippen molar-refractivity contribution in [3.05, 3.63) is 47.5 Å². The summed E-state index contributed by atoms with van der Waals surface area (Å²) in [5.74, 6) is 4.62. The molecule has 1 aromatic carbocycles. The van der Waals surface area contributed by atoms with Gasteiger partial charge in [-0.05, 0) is 110 Å². The van der Waals surface area contributed by atoms with E-state index in [1.807, 2.05) is 0 Å². The minimum absolute atomic E-state index is 0.0235. The first-order valence-electron chi connectivity index (χ1n) is 16.2. The molecule has 5 unspecified atom stereocenters. The van der Waals surface area contributed by atoms with Gasteiger partial charge in [0.2, 0.25) is 0 Å². The third-order valence-corrected chi connectivity index (χ3v) is 12.8. The summed E-state index contributed by atoms with van der Waals surface area (Å²) in [5.41, 5.74) is 3.66. The lowest BCUT2D eigenvalue weighted by Crippen LogP contribution is -2.54. The molecular weight excluding hydrogens is 480 g/mol. The lowest BCUT2D eigenvalue weighted by atomic mass is 9.44. The highest BCUT2D eigenvalue weighted by Crippen LogP contribution is 2.67. The zero-order valence-corrected chi connectivity index (χ0v) is 25.2. The fourth-order valence-corrected chi connectivity index (χ4v) is 10.3. The molecule has 1 aromatic rings. The van der Waals surface area contributed by atoms with Gasteiger partial charge in [0, 0.05) is 12.3 Å². The van der Waals surface area contributed by atoms with Gasteiger partial charge in [0.1, 0.15) is 6.10 Å². The predicted molar refractivity (Wildman–Crippen MR) is 157 cm³/mol. The number of cyclic esters (lactones) is 1. The smallest absolute Gasteiger partial charge is 0.306 e. The van der Waals surface area contributed by atoms with Crippen molar-refractivity contribution in [2.24, 2.45) is 52.3 Å². The van der Waals surface area contributed by atoms with Crippen LogP contribution in [0.15, 0.2) is 42.0 Å². The van der Waals surface area contributed by atoms with Gasteiger partial charge in [-0.25, -0.2) is 0 Å². The highest BCUT2D eigenvalue weighted by Gasteiger charge is 2.59. The second-order valence-electron chi connectivity index (χ2n) is 15.0. The number of ether oxygens (including phenoxy) is 2. The van der Waals surface area contributed by atoms with Gasteiger partial charge >= 0.3 is 5.97 Å². The summed E-state index contributed by atoms with van der Waals surface area (Å²) in [6.45, 7) is 12.9. The first-order chi connectivity index (χ1) is 18.7. The number of esters is 1. The molecule has 3 heteroatoms. The van der Waals surface area contributed by atoms with Crippen molar-refractivity contribution in [3.63, 3.8) is 0 Å². The van der Waals surface area contributed by atoms with Crippen LogP contribution in [-0.2, 0) is 20.9 Å². The van der Waals surface area contributed by atoms with Gasteiger partial charge in [-0.15, -0.1) is 0 Å². The van der Waals surface area contributed by atoms with Gasteiger partial charge in [0.25, 0.3) is 0 Å². The second kappa shape index (κ2) is 10.7. The third kappa shape index (κ3) is 4.93. The molecule has 39 heavy (non-hydrogen) atoms. The Bertz CT molecular complexity index is 1060. The van der Waals surface area contributed by atoms with E-state index in [0.717, 1.165) is 36.7 Å². The molecule has 1 aliphatic heterocycles. The normalized spacial score (nSPS) is 42.7. The van der Waals surface area contributed by atoms with Crippen LogP contribution < -0.4 is 0 Å². The lowest BCUT2D eigenvalue weighted by Gasteiger charge is -2.61. The van der Waals surface area contributed by atoms with Crippen molar-refractivity contribution in [1.29, 1.82) is 0 Å². The van der Waals surface area contributed by atoms with Crippen molar-refractivity contribution in [2.45, 2.75) is 118 Å². The summed E-state index contributed by atoms with van der Waals surface area (Å²) in [4.78, 5) is 12.5. The Morgan fingerprint density at radius 1 is 0.974 bits per heavy atom. The summed E-state index contributed by atoms with van der Waals surface area (Å²) < 4.78 is 12.5. The number of hydrogen-bond donors (Lipinski definition) is 0. The Kier molecular flexibility index (Phi) is 7.53. The maximum atomic E-state index is 12.5. The van der Waals surface area contributed by atoms with E-state index in [2.05, 4.69) is 71.0 Å². The monoisotopic (exact) mass is 532 g/mol. The van der Waals surface area contributed by atoms with Crippen LogP contribution in [0.4, 0.5) is 0 Å². The standard InChI is InChI=1S/C36H52O3/c1-23(2)26-19-33(39-34(37)20-26)24(3)30-13-14-31-29-12-11-27-21-28(38-22-25-9-7-6-8-10-25)15-17-35(27,4)32(29)16-18-36(30,31)5/h6-10,13,23-24,26-29,31-33H,11-12,14-22H2,1-5H3/t24-,26+,27?,28-,29?,31?,32?,33?,35-,36+/m0/s1. The quantitative estimate of drug-likeness (QED) is 0.271. The van der Waals surface area contributed by atoms with E-state index in [-0.39, 0.29) is 17.5 Å². The van der Waals surface area contributed by atoms with Gasteiger partial charge in [-0.3, -0.25) is 4.79 Å². The van der Waals surface area contributed by atoms with Crippen molar-refractivity contribution < 1.29 is 14.3 Å². The number of hydrogen-bond acceptors (Lipinski definition) is 3. The van der Waals surface area contributed by atoms with E-state index >= 15 is 0 Å². The molecule has 0 spiro atoms. The van der Waals surface area contributed by atoms with E-state index in [1.165, 1.54) is 56.9 Å². The zero-order chi connectivity index (χ0) is 27.4. The van der Waals surface area contributed by atoms with E-state index < -0.39 is 0 Å². The number of carbonyl (C=O) groups excluding carboxylic acids is 1. The summed E-state index contributed by atoms with van der Waals surface area (Å²) >= 11 is 0. The molecule has 1 saturated heterocycles. The van der Waals surface area contributed by atoms with E-state index in [1.54, 1.807) is 5.57 Å². The Labute approximate surface area is 237 Å². The largest absolute Gasteiger partial charge is 0.462 e. The number of rotatable bonds is 6. The fraction of sp³-hybridized carbons (Fsp3) is 0.750. The van der Waals surface area contributed by atoms with Crippen LogP contribution >= 0.6 is 0 Å². The summed E-state index contributed by atoms with van der Waals surface area (Å²) in [5, 5.41) is 0. The second-order valence-corrected chi connectivity index (χ2v) is 15.0. The molecule has 1 heterocycles. The van der Waals surface area contributed by atoms with Crippen molar-refractivity contribution in [1.82, 2.24) is 0 Å². The summed E-state index contributed by atoms with van der Waals surface area (Å²) in [7, 11) is 0. The average molecular weight is 533 g/mol. The summed E-state index contributed by atoms with van der Waals surface area (Å²) in [6, 6.07) is 10.7. The van der Waals surface area contributed by atoms with Gasteiger partial charge in [-0.2, -0.15) is 0 Å². The van der Waals surface area contributed by atoms with E-state index in [0.29, 0.717) is 35.7 Å². The molecule has 6 rings (SSSR count). The van der Waals surface area contributed by atoms with Crippen LogP contribution in [0.2, 0.25) is 0 Å². The lowest BCUT2D eigenvalue weighted by molar-refractivity contribution is -0.161. The maximum absolute atomic E-state index is 12.5. The van der Waals surface area contributed by atoms with Gasteiger partial charge < -0.3 is 9.47 Å². The minimum Gasteiger partial charge on any atom is -0.462 e. The molecule has 10 atom stereocenters. The Morgan fingerprint density at radius 2 is 1.77 bits per heavy atom. The van der Waals surface area contributed by atoms with E-state index in [9.17, 15) is 4.79 Å². The molecule has 4 fully saturated rings. The highest BCUT2D eigenvalue weighted by molar-refractivity contribution is 5.70. The first-order valence-corrected chi connectivity index (χ1v) is 16.2. The first kappa shape index (κ1) is 27.6. The SMILES string of the molecule is CC(C)[C@H]1CC(=O)OC([C@@H](C)C2=CCC3C4CCC5C[C@@H](OCc6ccccc6)CC[C@]5(C)C4CC[C@]23C)C1. The van der Waals surface area contributed by atoms with Crippen molar-refractivity contribution in [3.8, 4) is 0 Å². The van der Waals surface area contributed by atoms with Crippen LogP contribution in [0.1, 0.15) is 104 Å². The molecule has 0 aromatic heterocycles. The molecule has 0 amide bonds. The fourth-order valence-electron chi connectivity index (χ4n) is 10.3. The molecule has 4 aliphatic carbocycles. The van der Waals surface area contributed by atoms with Crippen LogP contribution in [0, 0.1) is 52.3 Å². The molecule has 214 valence electrons. The van der Waals surface area contributed by atoms with Crippen LogP contribution in [0.5, 0.6) is 0 Å². The van der Waals surface area contributed by atoms with Gasteiger partial charge in [0.15, 0.2) is 0 Å². The molecule has 5 aliphatic rings. The topological polar surface area (TPSA) is 35.5 Å². The highest BCUT2D eigenvalue weighted by atomic mass is 16.5. The van der Waals surface area contributed by atoms with Crippen molar-refractivity contribution in [2.75, 3.05) is 0 Å². The molecule has 0 N–H and O–H groups in total. The van der Waals surface area contributed by atoms with Crippen LogP contribution in [-0.4, -0.2) is 18.2 Å². The minimum atomic E-state index is 0.0235. The van der Waals surface area contributed by atoms with Crippen LogP contribution in [0.3, 0.4) is 0 Å². The summed E-state index contributed by atoms with van der Waals surface area (Å²) in [6.07, 6.45) is 15.2. The zero-order valence-electron chi connectivity index (χ0n) is 25.2. The van der Waals surface area contributed by atoms with Crippen LogP contribution in [0.25, 0.3) is 0 Å². The van der Waals surface area contributed by atoms with Gasteiger partial charge in [-0.1, -0.05) is 76.6 Å². The number of benzene rings is 1. The predicted octanol–water partition coefficient (Wildman–Crippen LogP) is 8.76. The third-order valence-electron chi connectivity index (χ3n) is 12.8. The molecule has 0 bridgehead atoms. The Balaban J connectivity index is 1.12. The maximum Gasteiger partial charge on any atom is 0.306 e. The van der Waals surface area contributed by atoms with Gasteiger partial charge in [0.05, 0.1) is 12.7 Å². The molecule has 3 nitrogen and oxygen atoms in total. The number of allylic oxidation sites excluding steroid dienone is 1. The number of carbonyl (C=O) groups is 1. The molecular formula is C36H52O3. The van der Waals surface area contributed by atoms with E-state index in [4.69, 9.17) is 9.47 Å². The average Bonchev–Trinajstić information content (AvgIpc) is 3.28. The molecule has 3 saturated carbocycles. The van der Waals surface area contributed by atoms with Crippen molar-refractivity contribution >= 4 is 5.97 Å². The Morgan fingerprint density at radius 3 is 2.54 bits per heavy atom. The Hall–Kier alpha value is -1.61.